The van der Waals surface area contributed by atoms with Crippen LogP contribution in [0.1, 0.15) is 0 Å². The van der Waals surface area contributed by atoms with E-state index < -0.39 is 0 Å². The van der Waals surface area contributed by atoms with E-state index in [1.807, 2.05) is 19.0 Å². The van der Waals surface area contributed by atoms with Gasteiger partial charge in [-0.1, -0.05) is 0 Å². The number of H-pyrrole nitrogens is 1. The van der Waals surface area contributed by atoms with E-state index >= 15 is 0 Å². The minimum atomic E-state index is -0.146. The minimum Gasteiger partial charge on any atom is -0.308 e. The fraction of sp³-hybridized carbons (Fsp3) is 0.667. The van der Waals surface area contributed by atoms with Crippen LogP contribution in [0, 0.1) is 0 Å². The van der Waals surface area contributed by atoms with Crippen LogP contribution in [-0.2, 0) is 6.54 Å². The highest BCUT2D eigenvalue weighted by molar-refractivity contribution is 4.63. The molecule has 0 fully saturated rings. The molecule has 0 bridgehead atoms. The van der Waals surface area contributed by atoms with Crippen molar-refractivity contribution in [3.05, 3.63) is 16.8 Å². The van der Waals surface area contributed by atoms with Gasteiger partial charge in [0.15, 0.2) is 0 Å². The topological polar surface area (TPSA) is 53.9 Å². The predicted molar refractivity (Wildman–Crippen MR) is 41.4 cm³/mol. The maximum absolute atomic E-state index is 10.9. The lowest BCUT2D eigenvalue weighted by Crippen LogP contribution is -2.24. The number of aromatic nitrogens is 3. The Bertz CT molecular complexity index is 262. The average molecular weight is 156 g/mol. The summed E-state index contributed by atoms with van der Waals surface area (Å²) in [7, 11) is 3.93. The number of likely N-dealkylation sites (N-methyl/N-ethyl adjacent to an activating group) is 1. The molecule has 0 atom stereocenters. The van der Waals surface area contributed by atoms with Gasteiger partial charge in [0.05, 0.1) is 0 Å². The number of nitrogens with one attached hydrogen (secondary N) is 1. The first kappa shape index (κ1) is 8.00. The number of hydrogen-bond donors (Lipinski definition) is 1. The van der Waals surface area contributed by atoms with E-state index in [0.29, 0.717) is 6.54 Å². The highest BCUT2D eigenvalue weighted by atomic mass is 16.1. The van der Waals surface area contributed by atoms with Crippen molar-refractivity contribution < 1.29 is 0 Å². The van der Waals surface area contributed by atoms with Gasteiger partial charge >= 0.3 is 5.69 Å². The zero-order valence-corrected chi connectivity index (χ0v) is 6.74. The smallest absolute Gasteiger partial charge is 0.308 e. The molecule has 11 heavy (non-hydrogen) atoms. The van der Waals surface area contributed by atoms with Gasteiger partial charge in [-0.25, -0.2) is 9.89 Å². The molecule has 0 aliphatic heterocycles. The van der Waals surface area contributed by atoms with Crippen molar-refractivity contribution in [2.75, 3.05) is 20.6 Å². The second-order valence-electron chi connectivity index (χ2n) is 2.66. The van der Waals surface area contributed by atoms with Gasteiger partial charge in [-0.2, -0.15) is 5.10 Å². The van der Waals surface area contributed by atoms with E-state index in [0.717, 1.165) is 6.54 Å². The van der Waals surface area contributed by atoms with Gasteiger partial charge in [0, 0.05) is 13.1 Å². The van der Waals surface area contributed by atoms with Gasteiger partial charge in [0.25, 0.3) is 0 Å². The van der Waals surface area contributed by atoms with Gasteiger partial charge in [-0.3, -0.25) is 4.57 Å². The Balaban J connectivity index is 2.51. The van der Waals surface area contributed by atoms with Crippen molar-refractivity contribution in [2.24, 2.45) is 0 Å². The Morgan fingerprint density at radius 2 is 2.45 bits per heavy atom. The van der Waals surface area contributed by atoms with E-state index in [1.165, 1.54) is 6.33 Å². The van der Waals surface area contributed by atoms with Crippen molar-refractivity contribution in [1.29, 1.82) is 0 Å². The Hall–Kier alpha value is -1.10. The lowest BCUT2D eigenvalue weighted by molar-refractivity contribution is 0.381. The third-order valence-electron chi connectivity index (χ3n) is 1.41. The second kappa shape index (κ2) is 3.34. The van der Waals surface area contributed by atoms with Crippen molar-refractivity contribution in [1.82, 2.24) is 19.7 Å². The van der Waals surface area contributed by atoms with Crippen molar-refractivity contribution >= 4 is 0 Å². The lowest BCUT2D eigenvalue weighted by Gasteiger charge is -2.07. The molecule has 1 rings (SSSR count). The third-order valence-corrected chi connectivity index (χ3v) is 1.41. The van der Waals surface area contributed by atoms with Crippen LogP contribution < -0.4 is 5.69 Å². The summed E-state index contributed by atoms with van der Waals surface area (Å²) in [6.45, 7) is 1.53. The quantitative estimate of drug-likeness (QED) is 0.619. The molecule has 0 unspecified atom stereocenters. The molecule has 1 heterocycles. The summed E-state index contributed by atoms with van der Waals surface area (Å²) in [5.74, 6) is 0. The SMILES string of the molecule is CN(C)CCn1cn[nH]c1=O. The third kappa shape index (κ3) is 2.19. The molecule has 5 nitrogen and oxygen atoms in total. The van der Waals surface area contributed by atoms with Crippen LogP contribution in [0.15, 0.2) is 11.1 Å². The summed E-state index contributed by atoms with van der Waals surface area (Å²) in [5, 5.41) is 5.94. The van der Waals surface area contributed by atoms with Crippen molar-refractivity contribution in [2.45, 2.75) is 6.54 Å². The van der Waals surface area contributed by atoms with Gasteiger partial charge < -0.3 is 4.90 Å². The summed E-state index contributed by atoms with van der Waals surface area (Å²) in [5.41, 5.74) is -0.146. The molecular formula is C6H12N4O. The molecule has 0 saturated carbocycles. The molecule has 0 saturated heterocycles. The van der Waals surface area contributed by atoms with Gasteiger partial charge in [0.1, 0.15) is 6.33 Å². The Morgan fingerprint density at radius 1 is 1.73 bits per heavy atom. The Kier molecular flexibility index (Phi) is 2.43. The van der Waals surface area contributed by atoms with Crippen LogP contribution >= 0.6 is 0 Å². The molecule has 0 aromatic carbocycles. The monoisotopic (exact) mass is 156 g/mol. The Labute approximate surface area is 64.6 Å². The van der Waals surface area contributed by atoms with Crippen LogP contribution in [0.2, 0.25) is 0 Å². The molecule has 0 aliphatic carbocycles. The van der Waals surface area contributed by atoms with Gasteiger partial charge in [0.2, 0.25) is 0 Å². The summed E-state index contributed by atoms with van der Waals surface area (Å²) < 4.78 is 1.54. The van der Waals surface area contributed by atoms with Gasteiger partial charge in [-0.15, -0.1) is 0 Å². The van der Waals surface area contributed by atoms with Crippen LogP contribution in [0.5, 0.6) is 0 Å². The number of hydrogen-bond acceptors (Lipinski definition) is 3. The van der Waals surface area contributed by atoms with Crippen LogP contribution in [0.3, 0.4) is 0 Å². The summed E-state index contributed by atoms with van der Waals surface area (Å²) >= 11 is 0. The summed E-state index contributed by atoms with van der Waals surface area (Å²) in [6.07, 6.45) is 1.51. The van der Waals surface area contributed by atoms with Crippen molar-refractivity contribution in [3.63, 3.8) is 0 Å². The normalized spacial score (nSPS) is 10.8. The van der Waals surface area contributed by atoms with E-state index in [9.17, 15) is 4.79 Å². The fourth-order valence-electron chi connectivity index (χ4n) is 0.737. The molecular weight excluding hydrogens is 144 g/mol. The molecule has 0 amide bonds. The standard InChI is InChI=1S/C6H12N4O/c1-9(2)3-4-10-5-7-8-6(10)11/h5H,3-4H2,1-2H3,(H,8,11). The zero-order valence-electron chi connectivity index (χ0n) is 6.74. The molecule has 0 aliphatic rings. The second-order valence-corrected chi connectivity index (χ2v) is 2.66. The first-order valence-corrected chi connectivity index (χ1v) is 3.44. The average Bonchev–Trinajstić information content (AvgIpc) is 2.31. The highest BCUT2D eigenvalue weighted by Gasteiger charge is 1.96. The molecule has 1 aromatic rings. The zero-order chi connectivity index (χ0) is 8.27. The van der Waals surface area contributed by atoms with E-state index in [4.69, 9.17) is 0 Å². The number of nitrogens with zero attached hydrogens (tertiary/aromatic N) is 3. The largest absolute Gasteiger partial charge is 0.343 e. The summed E-state index contributed by atoms with van der Waals surface area (Å²) in [4.78, 5) is 12.9. The van der Waals surface area contributed by atoms with Crippen LogP contribution in [-0.4, -0.2) is 40.3 Å². The van der Waals surface area contributed by atoms with Crippen molar-refractivity contribution in [3.8, 4) is 0 Å². The summed E-state index contributed by atoms with van der Waals surface area (Å²) in [6, 6.07) is 0. The van der Waals surface area contributed by atoms with E-state index in [1.54, 1.807) is 4.57 Å². The lowest BCUT2D eigenvalue weighted by atomic mass is 10.6. The molecule has 62 valence electrons. The molecule has 0 radical (unpaired) electrons. The maximum Gasteiger partial charge on any atom is 0.343 e. The number of aromatic amines is 1. The molecule has 1 N–H and O–H groups in total. The van der Waals surface area contributed by atoms with Crippen LogP contribution in [0.25, 0.3) is 0 Å². The number of rotatable bonds is 3. The predicted octanol–water partition coefficient (Wildman–Crippen LogP) is -0.867. The van der Waals surface area contributed by atoms with Crippen LogP contribution in [0.4, 0.5) is 0 Å². The fourth-order valence-corrected chi connectivity index (χ4v) is 0.737. The first-order valence-electron chi connectivity index (χ1n) is 3.44. The first-order chi connectivity index (χ1) is 5.20. The minimum absolute atomic E-state index is 0.146. The molecule has 0 spiro atoms. The van der Waals surface area contributed by atoms with E-state index in [2.05, 4.69) is 10.2 Å². The van der Waals surface area contributed by atoms with E-state index in [-0.39, 0.29) is 5.69 Å². The molecule has 1 aromatic heterocycles. The maximum atomic E-state index is 10.9. The Morgan fingerprint density at radius 3 is 2.91 bits per heavy atom. The van der Waals surface area contributed by atoms with Gasteiger partial charge in [-0.05, 0) is 14.1 Å². The highest BCUT2D eigenvalue weighted by Crippen LogP contribution is 1.78. The molecule has 5 heteroatoms.